The largest absolute Gasteiger partial charge is 0.391 e. The molecule has 0 unspecified atom stereocenters. The van der Waals surface area contributed by atoms with Gasteiger partial charge in [0.25, 0.3) is 0 Å². The zero-order valence-corrected chi connectivity index (χ0v) is 14.9. The minimum absolute atomic E-state index is 0.633. The number of aromatic amines is 1. The molecule has 1 aromatic heterocycles. The molecule has 0 bridgehead atoms. The standard InChI is InChI=1S/C14H16N2S.C2H6.CH3Cl/c1-2-17-10-14(15)6-3-11-7-13(9-16-8-11)12-4-5-12;2*1-2/h7-10,12H,2,4-5,15H2,1H3;1-2H3;1H3/p+1/b14-10-;;. The van der Waals surface area contributed by atoms with Crippen molar-refractivity contribution < 1.29 is 4.98 Å². The quantitative estimate of drug-likeness (QED) is 0.669. The summed E-state index contributed by atoms with van der Waals surface area (Å²) in [6, 6.07) is 2.15. The predicted molar refractivity (Wildman–Crippen MR) is 95.4 cm³/mol. The van der Waals surface area contributed by atoms with Gasteiger partial charge in [-0.05, 0) is 36.5 Å². The Morgan fingerprint density at radius 3 is 2.67 bits per heavy atom. The first-order valence-electron chi connectivity index (χ1n) is 7.27. The first-order chi connectivity index (χ1) is 10.3. The Morgan fingerprint density at radius 1 is 1.43 bits per heavy atom. The molecule has 1 fully saturated rings. The number of thioether (sulfide) groups is 1. The van der Waals surface area contributed by atoms with E-state index in [0.29, 0.717) is 5.70 Å². The van der Waals surface area contributed by atoms with Gasteiger partial charge in [-0.15, -0.1) is 23.4 Å². The predicted octanol–water partition coefficient (Wildman–Crippen LogP) is 4.16. The number of alkyl halides is 1. The van der Waals surface area contributed by atoms with Crippen LogP contribution in [0.4, 0.5) is 0 Å². The topological polar surface area (TPSA) is 40.2 Å². The summed E-state index contributed by atoms with van der Waals surface area (Å²) >= 11 is 6.31. The second kappa shape index (κ2) is 12.6. The number of H-pyrrole nitrogens is 1. The fourth-order valence-electron chi connectivity index (χ4n) is 1.56. The molecule has 0 atom stereocenters. The van der Waals surface area contributed by atoms with E-state index in [1.54, 1.807) is 11.8 Å². The number of rotatable bonds is 3. The summed E-state index contributed by atoms with van der Waals surface area (Å²) < 4.78 is 0. The monoisotopic (exact) mass is 325 g/mol. The van der Waals surface area contributed by atoms with Crippen molar-refractivity contribution in [2.45, 2.75) is 39.5 Å². The Labute approximate surface area is 138 Å². The number of halogens is 1. The highest BCUT2D eigenvalue weighted by Gasteiger charge is 2.25. The van der Waals surface area contributed by atoms with E-state index < -0.39 is 0 Å². The molecule has 1 aliphatic carbocycles. The minimum atomic E-state index is 0.633. The van der Waals surface area contributed by atoms with Crippen LogP contribution >= 0.6 is 23.4 Å². The van der Waals surface area contributed by atoms with Crippen molar-refractivity contribution in [2.75, 3.05) is 12.1 Å². The Hall–Kier alpha value is -1.11. The molecule has 1 saturated carbocycles. The van der Waals surface area contributed by atoms with Gasteiger partial charge >= 0.3 is 0 Å². The van der Waals surface area contributed by atoms with E-state index in [4.69, 9.17) is 5.73 Å². The first-order valence-corrected chi connectivity index (χ1v) is 9.08. The lowest BCUT2D eigenvalue weighted by atomic mass is 10.1. The molecule has 0 spiro atoms. The molecule has 0 amide bonds. The van der Waals surface area contributed by atoms with Crippen molar-refractivity contribution >= 4 is 23.4 Å². The van der Waals surface area contributed by atoms with Crippen LogP contribution in [-0.2, 0) is 0 Å². The fraction of sp³-hybridized carbons (Fsp3) is 0.471. The molecule has 0 aromatic carbocycles. The molecule has 1 heterocycles. The molecule has 21 heavy (non-hydrogen) atoms. The van der Waals surface area contributed by atoms with Crippen molar-refractivity contribution in [3.05, 3.63) is 40.7 Å². The van der Waals surface area contributed by atoms with Crippen molar-refractivity contribution in [2.24, 2.45) is 5.73 Å². The van der Waals surface area contributed by atoms with Gasteiger partial charge in [-0.1, -0.05) is 26.7 Å². The third kappa shape index (κ3) is 8.70. The SMILES string of the molecule is CC.CCS/C=C(\N)C#Cc1c[nH+]cc(C2CC2)c1.CCl. The summed E-state index contributed by atoms with van der Waals surface area (Å²) in [7, 11) is 0. The van der Waals surface area contributed by atoms with E-state index in [9.17, 15) is 0 Å². The molecular weight excluding hydrogens is 300 g/mol. The van der Waals surface area contributed by atoms with Gasteiger partial charge in [0.15, 0.2) is 12.4 Å². The zero-order chi connectivity index (χ0) is 16.1. The van der Waals surface area contributed by atoms with Crippen LogP contribution in [0, 0.1) is 11.8 Å². The van der Waals surface area contributed by atoms with Crippen LogP contribution in [0.1, 0.15) is 50.7 Å². The maximum absolute atomic E-state index is 5.77. The van der Waals surface area contributed by atoms with Crippen LogP contribution in [0.15, 0.2) is 29.6 Å². The molecule has 2 rings (SSSR count). The molecule has 2 nitrogen and oxygen atoms in total. The van der Waals surface area contributed by atoms with Gasteiger partial charge in [-0.3, -0.25) is 0 Å². The van der Waals surface area contributed by atoms with Crippen molar-refractivity contribution in [3.8, 4) is 11.8 Å². The summed E-state index contributed by atoms with van der Waals surface area (Å²) in [5.74, 6) is 7.82. The molecule has 3 N–H and O–H groups in total. The number of allylic oxidation sites excluding steroid dienone is 1. The van der Waals surface area contributed by atoms with Gasteiger partial charge in [0.2, 0.25) is 0 Å². The van der Waals surface area contributed by atoms with Crippen molar-refractivity contribution in [1.29, 1.82) is 0 Å². The van der Waals surface area contributed by atoms with Crippen molar-refractivity contribution in [1.82, 2.24) is 0 Å². The summed E-state index contributed by atoms with van der Waals surface area (Å²) in [5, 5.41) is 1.90. The number of nitrogens with one attached hydrogen (secondary N) is 1. The summed E-state index contributed by atoms with van der Waals surface area (Å²) in [6.45, 7) is 6.09. The molecule has 0 aliphatic heterocycles. The van der Waals surface area contributed by atoms with Crippen LogP contribution in [-0.4, -0.2) is 12.1 Å². The number of pyridine rings is 1. The van der Waals surface area contributed by atoms with E-state index in [0.717, 1.165) is 17.2 Å². The highest BCUT2D eigenvalue weighted by atomic mass is 35.5. The molecule has 0 saturated heterocycles. The van der Waals surface area contributed by atoms with Crippen LogP contribution in [0.3, 0.4) is 0 Å². The van der Waals surface area contributed by atoms with Crippen LogP contribution in [0.5, 0.6) is 0 Å². The van der Waals surface area contributed by atoms with Crippen LogP contribution < -0.4 is 10.7 Å². The minimum Gasteiger partial charge on any atom is -0.391 e. The average Bonchev–Trinajstić information content (AvgIpc) is 3.40. The van der Waals surface area contributed by atoms with Gasteiger partial charge in [0.1, 0.15) is 0 Å². The van der Waals surface area contributed by atoms with Gasteiger partial charge < -0.3 is 5.73 Å². The Balaban J connectivity index is 0.000000921. The van der Waals surface area contributed by atoms with E-state index in [2.05, 4.69) is 47.6 Å². The van der Waals surface area contributed by atoms with Gasteiger partial charge in [-0.2, -0.15) is 0 Å². The smallest absolute Gasteiger partial charge is 0.182 e. The number of hydrogen-bond donors (Lipinski definition) is 1. The summed E-state index contributed by atoms with van der Waals surface area (Å²) in [5.41, 5.74) is 8.78. The number of nitrogens with two attached hydrogens (primary N) is 1. The van der Waals surface area contributed by atoms with Crippen LogP contribution in [0.2, 0.25) is 0 Å². The Morgan fingerprint density at radius 2 is 2.10 bits per heavy atom. The van der Waals surface area contributed by atoms with Gasteiger partial charge in [0.05, 0.1) is 11.3 Å². The molecule has 0 radical (unpaired) electrons. The average molecular weight is 326 g/mol. The Kier molecular flexibility index (Phi) is 12.0. The molecule has 4 heteroatoms. The fourth-order valence-corrected chi connectivity index (χ4v) is 1.97. The zero-order valence-electron chi connectivity index (χ0n) is 13.4. The van der Waals surface area contributed by atoms with E-state index >= 15 is 0 Å². The third-order valence-corrected chi connectivity index (χ3v) is 3.34. The van der Waals surface area contributed by atoms with E-state index in [1.807, 2.05) is 25.5 Å². The lowest BCUT2D eigenvalue weighted by molar-refractivity contribution is -0.379. The third-order valence-electron chi connectivity index (χ3n) is 2.59. The molecule has 116 valence electrons. The lowest BCUT2D eigenvalue weighted by Crippen LogP contribution is -2.03. The molecular formula is C17H26ClN2S+. The Bertz CT molecular complexity index is 485. The highest BCUT2D eigenvalue weighted by Crippen LogP contribution is 2.39. The first kappa shape index (κ1) is 19.9. The molecule has 1 aliphatic rings. The highest BCUT2D eigenvalue weighted by molar-refractivity contribution is 8.02. The summed E-state index contributed by atoms with van der Waals surface area (Å²) in [6.07, 6.45) is 8.06. The lowest BCUT2D eigenvalue weighted by Gasteiger charge is -1.92. The van der Waals surface area contributed by atoms with Gasteiger partial charge in [-0.25, -0.2) is 4.98 Å². The molecule has 1 aromatic rings. The summed E-state index contributed by atoms with van der Waals surface area (Å²) in [4.78, 5) is 3.15. The van der Waals surface area contributed by atoms with Gasteiger partial charge in [0, 0.05) is 17.4 Å². The maximum atomic E-state index is 5.77. The maximum Gasteiger partial charge on any atom is 0.182 e. The van der Waals surface area contributed by atoms with Crippen LogP contribution in [0.25, 0.3) is 0 Å². The number of aromatic nitrogens is 1. The van der Waals surface area contributed by atoms with Crippen molar-refractivity contribution in [3.63, 3.8) is 0 Å². The number of hydrogen-bond acceptors (Lipinski definition) is 2. The van der Waals surface area contributed by atoms with E-state index in [1.165, 1.54) is 24.8 Å². The second-order valence-corrected chi connectivity index (χ2v) is 5.25. The normalized spacial score (nSPS) is 12.9. The second-order valence-electron chi connectivity index (χ2n) is 4.11. The van der Waals surface area contributed by atoms with E-state index in [-0.39, 0.29) is 0 Å².